The van der Waals surface area contributed by atoms with Crippen molar-refractivity contribution in [2.24, 2.45) is 0 Å². The Morgan fingerprint density at radius 2 is 1.94 bits per heavy atom. The number of nitrogens with zero attached hydrogens (tertiary/aromatic N) is 2. The Morgan fingerprint density at radius 1 is 1.18 bits per heavy atom. The lowest BCUT2D eigenvalue weighted by atomic mass is 9.86. The zero-order valence-corrected chi connectivity index (χ0v) is 19.3. The number of hydrogen-bond acceptors (Lipinski definition) is 4. The van der Waals surface area contributed by atoms with Gasteiger partial charge in [-0.15, -0.1) is 0 Å². The minimum atomic E-state index is -0.962. The number of unbranched alkanes of at least 4 members (excludes halogenated alkanes) is 1. The number of nitrogens with one attached hydrogen (secondary N) is 1. The fourth-order valence-electron chi connectivity index (χ4n) is 4.99. The van der Waals surface area contributed by atoms with Crippen LogP contribution < -0.4 is 4.74 Å². The number of ether oxygens (including phenoxy) is 1. The van der Waals surface area contributed by atoms with E-state index in [0.717, 1.165) is 51.9 Å². The number of fused-ring (bicyclic) bond motifs is 6. The molecule has 0 radical (unpaired) electrons. The Labute approximate surface area is 197 Å². The van der Waals surface area contributed by atoms with E-state index in [4.69, 9.17) is 4.74 Å². The van der Waals surface area contributed by atoms with Crippen LogP contribution in [0.1, 0.15) is 58.4 Å². The molecule has 2 N–H and O–H groups in total. The van der Waals surface area contributed by atoms with Gasteiger partial charge in [-0.1, -0.05) is 25.5 Å². The van der Waals surface area contributed by atoms with Gasteiger partial charge in [0.1, 0.15) is 5.75 Å². The van der Waals surface area contributed by atoms with Crippen LogP contribution in [0.15, 0.2) is 36.4 Å². The summed E-state index contributed by atoms with van der Waals surface area (Å²) in [7, 11) is 1.54. The highest BCUT2D eigenvalue weighted by molar-refractivity contribution is 6.04. The molecule has 8 heteroatoms. The predicted octanol–water partition coefficient (Wildman–Crippen LogP) is 4.13. The van der Waals surface area contributed by atoms with E-state index in [1.54, 1.807) is 17.0 Å². The Hall–Kier alpha value is -3.81. The fraction of sp³-hybridized carbons (Fsp3) is 0.346. The number of aromatic amines is 1. The van der Waals surface area contributed by atoms with Crippen molar-refractivity contribution in [3.8, 4) is 5.75 Å². The molecule has 8 nitrogen and oxygen atoms in total. The molecule has 1 fully saturated rings. The summed E-state index contributed by atoms with van der Waals surface area (Å²) in [4.78, 5) is 43.2. The summed E-state index contributed by atoms with van der Waals surface area (Å²) in [5.74, 6) is -0.826. The molecule has 2 aromatic carbocycles. The average molecular weight is 462 g/mol. The number of benzene rings is 2. The van der Waals surface area contributed by atoms with Crippen molar-refractivity contribution in [3.05, 3.63) is 64.3 Å². The molecule has 2 aliphatic heterocycles. The van der Waals surface area contributed by atoms with Gasteiger partial charge in [0, 0.05) is 42.2 Å². The summed E-state index contributed by atoms with van der Waals surface area (Å²) in [6, 6.07) is 10.5. The van der Waals surface area contributed by atoms with Gasteiger partial charge in [0.25, 0.3) is 0 Å². The summed E-state index contributed by atoms with van der Waals surface area (Å²) in [5, 5.41) is 10.2. The Balaban J connectivity index is 1.64. The van der Waals surface area contributed by atoms with Crippen molar-refractivity contribution in [1.29, 1.82) is 0 Å². The normalized spacial score (nSPS) is 17.3. The minimum Gasteiger partial charge on any atom is -0.493 e. The van der Waals surface area contributed by atoms with Crippen LogP contribution in [0.4, 0.5) is 4.79 Å². The summed E-state index contributed by atoms with van der Waals surface area (Å²) < 4.78 is 6.18. The Bertz CT molecular complexity index is 1290. The number of carboxylic acid groups (broad SMARTS) is 1. The smallest absolute Gasteiger partial charge is 0.335 e. The van der Waals surface area contributed by atoms with Gasteiger partial charge in [-0.3, -0.25) is 9.69 Å². The molecular formula is C26H27N3O5. The average Bonchev–Trinajstić information content (AvgIpc) is 3.21. The number of hydrogen-bond donors (Lipinski definition) is 2. The van der Waals surface area contributed by atoms with Gasteiger partial charge in [0.2, 0.25) is 5.91 Å². The fourth-order valence-corrected chi connectivity index (χ4v) is 4.99. The van der Waals surface area contributed by atoms with Gasteiger partial charge in [0.15, 0.2) is 0 Å². The van der Waals surface area contributed by atoms with Crippen LogP contribution in [0, 0.1) is 0 Å². The first-order chi connectivity index (χ1) is 16.4. The van der Waals surface area contributed by atoms with E-state index >= 15 is 0 Å². The number of H-pyrrole nitrogens is 1. The quantitative estimate of drug-likeness (QED) is 0.515. The van der Waals surface area contributed by atoms with Crippen LogP contribution in [0.2, 0.25) is 0 Å². The molecule has 2 bridgehead atoms. The van der Waals surface area contributed by atoms with Crippen molar-refractivity contribution in [2.45, 2.75) is 38.6 Å². The van der Waals surface area contributed by atoms with Crippen molar-refractivity contribution in [2.75, 3.05) is 20.2 Å². The van der Waals surface area contributed by atoms with E-state index in [1.165, 1.54) is 11.9 Å². The lowest BCUT2D eigenvalue weighted by Crippen LogP contribution is -2.55. The molecule has 0 spiro atoms. The maximum absolute atomic E-state index is 13.1. The standard InChI is InChI=1S/C26H27N3O5/c1-3-4-11-34-21-10-9-19-22(17(21)12-15-5-7-16(8-6-15)25(31)32)23-18-13-29(14-20(23)27-19)26(33)28(2)24(18)30/h5-10,18,27H,3-4,11-14H2,1-2H3,(H,31,32). The van der Waals surface area contributed by atoms with Gasteiger partial charge in [-0.25, -0.2) is 9.59 Å². The van der Waals surface area contributed by atoms with Gasteiger partial charge in [-0.2, -0.15) is 0 Å². The van der Waals surface area contributed by atoms with Crippen LogP contribution in [-0.2, 0) is 17.8 Å². The molecule has 1 unspecified atom stereocenters. The molecule has 1 atom stereocenters. The van der Waals surface area contributed by atoms with Gasteiger partial charge >= 0.3 is 12.0 Å². The van der Waals surface area contributed by atoms with E-state index in [1.807, 2.05) is 24.3 Å². The first-order valence-electron chi connectivity index (χ1n) is 11.6. The molecule has 1 saturated heterocycles. The second kappa shape index (κ2) is 8.52. The summed E-state index contributed by atoms with van der Waals surface area (Å²) in [5.41, 5.74) is 4.88. The van der Waals surface area contributed by atoms with Crippen molar-refractivity contribution < 1.29 is 24.2 Å². The molecule has 3 amide bonds. The second-order valence-corrected chi connectivity index (χ2v) is 8.98. The van der Waals surface area contributed by atoms with Gasteiger partial charge in [0.05, 0.1) is 24.6 Å². The molecule has 0 aliphatic carbocycles. The summed E-state index contributed by atoms with van der Waals surface area (Å²) >= 11 is 0. The Kier molecular flexibility index (Phi) is 5.51. The van der Waals surface area contributed by atoms with E-state index in [9.17, 15) is 19.5 Å². The SMILES string of the molecule is CCCCOc1ccc2[nH]c3c(c2c1Cc1ccc(C(=O)O)cc1)C1CN(C3)C(=O)N(C)C1=O. The first kappa shape index (κ1) is 22.0. The van der Waals surface area contributed by atoms with Crippen molar-refractivity contribution in [1.82, 2.24) is 14.8 Å². The van der Waals surface area contributed by atoms with Crippen LogP contribution in [0.3, 0.4) is 0 Å². The van der Waals surface area contributed by atoms with Crippen LogP contribution >= 0.6 is 0 Å². The van der Waals surface area contributed by atoms with E-state index in [-0.39, 0.29) is 17.5 Å². The number of urea groups is 1. The zero-order chi connectivity index (χ0) is 24.0. The van der Waals surface area contributed by atoms with E-state index < -0.39 is 11.9 Å². The number of carboxylic acids is 1. The number of aromatic nitrogens is 1. The Morgan fingerprint density at radius 3 is 2.65 bits per heavy atom. The van der Waals surface area contributed by atoms with E-state index in [2.05, 4.69) is 11.9 Å². The molecular weight excluding hydrogens is 434 g/mol. The second-order valence-electron chi connectivity index (χ2n) is 8.98. The summed E-state index contributed by atoms with van der Waals surface area (Å²) in [6.45, 7) is 3.50. The van der Waals surface area contributed by atoms with Crippen LogP contribution in [0.25, 0.3) is 10.9 Å². The third kappa shape index (κ3) is 3.59. The highest BCUT2D eigenvalue weighted by Crippen LogP contribution is 2.42. The molecule has 3 aromatic rings. The zero-order valence-electron chi connectivity index (χ0n) is 19.3. The lowest BCUT2D eigenvalue weighted by Gasteiger charge is -2.40. The third-order valence-electron chi connectivity index (χ3n) is 6.77. The molecule has 2 aliphatic rings. The molecule has 176 valence electrons. The highest BCUT2D eigenvalue weighted by Gasteiger charge is 2.44. The number of likely N-dealkylation sites (N-methyl/N-ethyl adjacent to an activating group) is 1. The number of amides is 3. The molecule has 34 heavy (non-hydrogen) atoms. The first-order valence-corrected chi connectivity index (χ1v) is 11.6. The van der Waals surface area contributed by atoms with Crippen LogP contribution in [0.5, 0.6) is 5.75 Å². The predicted molar refractivity (Wildman–Crippen MR) is 126 cm³/mol. The lowest BCUT2D eigenvalue weighted by molar-refractivity contribution is -0.132. The number of aromatic carboxylic acids is 1. The minimum absolute atomic E-state index is 0.197. The number of rotatable bonds is 7. The number of carbonyl (C=O) groups is 3. The number of imide groups is 1. The van der Waals surface area contributed by atoms with E-state index in [0.29, 0.717) is 26.1 Å². The van der Waals surface area contributed by atoms with Gasteiger partial charge in [-0.05, 0) is 41.8 Å². The van der Waals surface area contributed by atoms with Crippen LogP contribution in [-0.4, -0.2) is 58.0 Å². The number of carbonyl (C=O) groups excluding carboxylic acids is 2. The largest absolute Gasteiger partial charge is 0.493 e. The van der Waals surface area contributed by atoms with Gasteiger partial charge < -0.3 is 19.7 Å². The third-order valence-corrected chi connectivity index (χ3v) is 6.77. The maximum Gasteiger partial charge on any atom is 0.335 e. The molecule has 3 heterocycles. The van der Waals surface area contributed by atoms with Crippen molar-refractivity contribution in [3.63, 3.8) is 0 Å². The van der Waals surface area contributed by atoms with Crippen molar-refractivity contribution >= 4 is 28.8 Å². The topological polar surface area (TPSA) is 103 Å². The highest BCUT2D eigenvalue weighted by atomic mass is 16.5. The maximum atomic E-state index is 13.1. The summed E-state index contributed by atoms with van der Waals surface area (Å²) in [6.07, 6.45) is 2.47. The monoisotopic (exact) mass is 461 g/mol. The molecule has 5 rings (SSSR count). The molecule has 1 aromatic heterocycles. The molecule has 0 saturated carbocycles.